The van der Waals surface area contributed by atoms with Crippen LogP contribution in [0.5, 0.6) is 0 Å². The summed E-state index contributed by atoms with van der Waals surface area (Å²) in [4.78, 5) is 7.96. The first kappa shape index (κ1) is 14.7. The molecule has 2 aliphatic rings. The second-order valence-electron chi connectivity index (χ2n) is 6.14. The van der Waals surface area contributed by atoms with Gasteiger partial charge in [0.25, 0.3) is 0 Å². The highest BCUT2D eigenvalue weighted by Crippen LogP contribution is 2.30. The van der Waals surface area contributed by atoms with Gasteiger partial charge in [-0.05, 0) is 29.2 Å². The molecule has 0 unspecified atom stereocenters. The average molecular weight is 310 g/mol. The fourth-order valence-electron chi connectivity index (χ4n) is 3.47. The predicted octanol–water partition coefficient (Wildman–Crippen LogP) is 2.84. The standard InChI is InChI=1S/C19H22N2O2/c1-2-4-16-15(3-1)5-6-18-17(16)7-8-19(18)20-23-14-11-21-9-12-22-13-10-21/h1-6H,7-14H2/b20-19-. The van der Waals surface area contributed by atoms with Gasteiger partial charge >= 0.3 is 0 Å². The lowest BCUT2D eigenvalue weighted by atomic mass is 10.0. The SMILES string of the molecule is c1ccc2c3c(ccc2c1)/C(=N\OCCN1CCOCC1)CC3. The normalized spacial score (nSPS) is 20.1. The molecule has 120 valence electrons. The molecule has 4 nitrogen and oxygen atoms in total. The summed E-state index contributed by atoms with van der Waals surface area (Å²) in [6.45, 7) is 5.21. The van der Waals surface area contributed by atoms with Crippen LogP contribution >= 0.6 is 0 Å². The van der Waals surface area contributed by atoms with Gasteiger partial charge in [0.05, 0.1) is 18.9 Å². The number of hydrogen-bond acceptors (Lipinski definition) is 4. The Bertz CT molecular complexity index is 720. The Hall–Kier alpha value is -1.91. The van der Waals surface area contributed by atoms with Crippen molar-refractivity contribution in [3.8, 4) is 0 Å². The minimum absolute atomic E-state index is 0.645. The first-order valence-corrected chi connectivity index (χ1v) is 8.42. The van der Waals surface area contributed by atoms with Crippen LogP contribution in [0.15, 0.2) is 41.6 Å². The van der Waals surface area contributed by atoms with Crippen LogP contribution in [0.1, 0.15) is 17.5 Å². The van der Waals surface area contributed by atoms with E-state index in [4.69, 9.17) is 9.57 Å². The fourth-order valence-corrected chi connectivity index (χ4v) is 3.47. The predicted molar refractivity (Wildman–Crippen MR) is 92.0 cm³/mol. The largest absolute Gasteiger partial charge is 0.394 e. The van der Waals surface area contributed by atoms with Crippen molar-refractivity contribution >= 4 is 16.5 Å². The van der Waals surface area contributed by atoms with Gasteiger partial charge in [0.15, 0.2) is 0 Å². The third-order valence-electron chi connectivity index (χ3n) is 4.74. The molecule has 0 N–H and O–H groups in total. The molecule has 23 heavy (non-hydrogen) atoms. The zero-order valence-electron chi connectivity index (χ0n) is 13.3. The number of aryl methyl sites for hydroxylation is 1. The summed E-state index contributed by atoms with van der Waals surface area (Å²) in [5.74, 6) is 0. The molecule has 2 aromatic carbocycles. The topological polar surface area (TPSA) is 34.1 Å². The van der Waals surface area contributed by atoms with Gasteiger partial charge in [-0.25, -0.2) is 0 Å². The van der Waals surface area contributed by atoms with Crippen molar-refractivity contribution in [3.63, 3.8) is 0 Å². The van der Waals surface area contributed by atoms with E-state index >= 15 is 0 Å². The average Bonchev–Trinajstić information content (AvgIpc) is 3.03. The number of fused-ring (bicyclic) bond motifs is 3. The van der Waals surface area contributed by atoms with Gasteiger partial charge in [-0.3, -0.25) is 4.90 Å². The molecule has 0 aromatic heterocycles. The molecule has 0 bridgehead atoms. The van der Waals surface area contributed by atoms with Crippen molar-refractivity contribution in [2.75, 3.05) is 39.5 Å². The van der Waals surface area contributed by atoms with Gasteiger partial charge < -0.3 is 9.57 Å². The maximum atomic E-state index is 5.59. The minimum atomic E-state index is 0.645. The van der Waals surface area contributed by atoms with Gasteiger partial charge in [0.2, 0.25) is 0 Å². The molecule has 1 fully saturated rings. The van der Waals surface area contributed by atoms with Crippen molar-refractivity contribution < 1.29 is 9.57 Å². The number of morpholine rings is 1. The molecule has 0 spiro atoms. The highest BCUT2D eigenvalue weighted by molar-refractivity contribution is 6.08. The van der Waals surface area contributed by atoms with Crippen LogP contribution in [0.2, 0.25) is 0 Å². The quantitative estimate of drug-likeness (QED) is 0.643. The van der Waals surface area contributed by atoms with Gasteiger partial charge in [-0.1, -0.05) is 41.6 Å². The first-order valence-electron chi connectivity index (χ1n) is 8.42. The van der Waals surface area contributed by atoms with Crippen LogP contribution in [0.3, 0.4) is 0 Å². The van der Waals surface area contributed by atoms with E-state index in [1.165, 1.54) is 21.9 Å². The lowest BCUT2D eigenvalue weighted by Crippen LogP contribution is -2.38. The summed E-state index contributed by atoms with van der Waals surface area (Å²) in [5.41, 5.74) is 3.77. The molecule has 1 heterocycles. The van der Waals surface area contributed by atoms with E-state index in [2.05, 4.69) is 46.5 Å². The summed E-state index contributed by atoms with van der Waals surface area (Å²) < 4.78 is 5.35. The van der Waals surface area contributed by atoms with Crippen LogP contribution in [-0.4, -0.2) is 50.1 Å². The first-order chi connectivity index (χ1) is 11.4. The van der Waals surface area contributed by atoms with Gasteiger partial charge in [0.1, 0.15) is 6.61 Å². The monoisotopic (exact) mass is 310 g/mol. The van der Waals surface area contributed by atoms with E-state index in [0.717, 1.165) is 51.4 Å². The van der Waals surface area contributed by atoms with E-state index in [9.17, 15) is 0 Å². The van der Waals surface area contributed by atoms with Gasteiger partial charge in [0, 0.05) is 25.2 Å². The van der Waals surface area contributed by atoms with Gasteiger partial charge in [-0.15, -0.1) is 0 Å². The maximum Gasteiger partial charge on any atom is 0.129 e. The number of rotatable bonds is 4. The Labute approximate surface area is 136 Å². The van der Waals surface area contributed by atoms with Crippen molar-refractivity contribution in [2.45, 2.75) is 12.8 Å². The highest BCUT2D eigenvalue weighted by Gasteiger charge is 2.20. The lowest BCUT2D eigenvalue weighted by molar-refractivity contribution is 0.0212. The minimum Gasteiger partial charge on any atom is -0.394 e. The Balaban J connectivity index is 1.42. The maximum absolute atomic E-state index is 5.59. The molecule has 4 heteroatoms. The molecule has 0 atom stereocenters. The van der Waals surface area contributed by atoms with E-state index in [-0.39, 0.29) is 0 Å². The molecule has 4 rings (SSSR count). The molecule has 1 saturated heterocycles. The van der Waals surface area contributed by atoms with E-state index in [0.29, 0.717) is 6.61 Å². The number of nitrogens with zero attached hydrogens (tertiary/aromatic N) is 2. The van der Waals surface area contributed by atoms with Crippen LogP contribution in [0, 0.1) is 0 Å². The molecule has 0 saturated carbocycles. The Morgan fingerprint density at radius 3 is 2.83 bits per heavy atom. The third-order valence-corrected chi connectivity index (χ3v) is 4.74. The molecule has 1 aliphatic heterocycles. The number of benzene rings is 2. The zero-order chi connectivity index (χ0) is 15.5. The van der Waals surface area contributed by atoms with Crippen LogP contribution in [0.4, 0.5) is 0 Å². The Morgan fingerprint density at radius 2 is 1.91 bits per heavy atom. The summed E-state index contributed by atoms with van der Waals surface area (Å²) in [6, 6.07) is 12.9. The van der Waals surface area contributed by atoms with Crippen molar-refractivity contribution in [1.82, 2.24) is 4.90 Å². The second-order valence-corrected chi connectivity index (χ2v) is 6.14. The smallest absolute Gasteiger partial charge is 0.129 e. The van der Waals surface area contributed by atoms with Crippen molar-refractivity contribution in [3.05, 3.63) is 47.5 Å². The molecule has 1 aliphatic carbocycles. The van der Waals surface area contributed by atoms with E-state index in [1.54, 1.807) is 0 Å². The molecule has 0 amide bonds. The van der Waals surface area contributed by atoms with Crippen LogP contribution in [-0.2, 0) is 16.0 Å². The van der Waals surface area contributed by atoms with E-state index in [1.807, 2.05) is 0 Å². The third kappa shape index (κ3) is 3.09. The number of oxime groups is 1. The van der Waals surface area contributed by atoms with Crippen molar-refractivity contribution in [2.24, 2.45) is 5.16 Å². The summed E-state index contributed by atoms with van der Waals surface area (Å²) in [6.07, 6.45) is 2.03. The Morgan fingerprint density at radius 1 is 1.04 bits per heavy atom. The number of ether oxygens (including phenoxy) is 1. The number of hydrogen-bond donors (Lipinski definition) is 0. The van der Waals surface area contributed by atoms with Crippen LogP contribution in [0.25, 0.3) is 10.8 Å². The summed E-state index contributed by atoms with van der Waals surface area (Å²) in [7, 11) is 0. The second kappa shape index (κ2) is 6.69. The fraction of sp³-hybridized carbons (Fsp3) is 0.421. The Kier molecular flexibility index (Phi) is 4.26. The lowest BCUT2D eigenvalue weighted by Gasteiger charge is -2.25. The zero-order valence-corrected chi connectivity index (χ0v) is 13.3. The summed E-state index contributed by atoms with van der Waals surface area (Å²) >= 11 is 0. The van der Waals surface area contributed by atoms with Crippen LogP contribution < -0.4 is 0 Å². The summed E-state index contributed by atoms with van der Waals surface area (Å²) in [5, 5.41) is 7.07. The van der Waals surface area contributed by atoms with Gasteiger partial charge in [-0.2, -0.15) is 0 Å². The molecular weight excluding hydrogens is 288 g/mol. The van der Waals surface area contributed by atoms with E-state index < -0.39 is 0 Å². The van der Waals surface area contributed by atoms with Crippen molar-refractivity contribution in [1.29, 1.82) is 0 Å². The molecule has 2 aromatic rings. The highest BCUT2D eigenvalue weighted by atomic mass is 16.6. The molecule has 0 radical (unpaired) electrons. The molecular formula is C19H22N2O2.